The van der Waals surface area contributed by atoms with Crippen LogP contribution in [0.5, 0.6) is 0 Å². The fourth-order valence-corrected chi connectivity index (χ4v) is 2.74. The van der Waals surface area contributed by atoms with Crippen LogP contribution < -0.4 is 4.72 Å². The molecule has 0 aromatic heterocycles. The van der Waals surface area contributed by atoms with Crippen molar-refractivity contribution in [1.82, 2.24) is 4.72 Å². The summed E-state index contributed by atoms with van der Waals surface area (Å²) in [6, 6.07) is 6.42. The van der Waals surface area contributed by atoms with Crippen molar-refractivity contribution in [2.75, 3.05) is 6.54 Å². The van der Waals surface area contributed by atoms with Gasteiger partial charge in [0.1, 0.15) is 0 Å². The predicted octanol–water partition coefficient (Wildman–Crippen LogP) is 0.595. The standard InChI is InChI=1S/C11H14ClNO5S/c1-11(16,10(14)15)7-13-19(17,18)6-8-4-2-3-5-9(8)12/h2-5,13,16H,6-7H2,1H3,(H,14,15). The molecular weight excluding hydrogens is 294 g/mol. The molecule has 0 saturated carbocycles. The lowest BCUT2D eigenvalue weighted by Gasteiger charge is -2.18. The second-order valence-corrected chi connectivity index (χ2v) is 6.46. The van der Waals surface area contributed by atoms with Crippen molar-refractivity contribution in [3.8, 4) is 0 Å². The number of hydrogen-bond acceptors (Lipinski definition) is 4. The molecule has 19 heavy (non-hydrogen) atoms. The summed E-state index contributed by atoms with van der Waals surface area (Å²) in [5.41, 5.74) is -1.76. The molecule has 3 N–H and O–H groups in total. The first-order chi connectivity index (χ1) is 8.64. The minimum Gasteiger partial charge on any atom is -0.479 e. The smallest absolute Gasteiger partial charge is 0.336 e. The van der Waals surface area contributed by atoms with Crippen LogP contribution in [0.25, 0.3) is 0 Å². The Morgan fingerprint density at radius 2 is 2.00 bits per heavy atom. The van der Waals surface area contributed by atoms with E-state index in [0.29, 0.717) is 10.6 Å². The number of benzene rings is 1. The normalized spacial score (nSPS) is 14.9. The van der Waals surface area contributed by atoms with E-state index in [0.717, 1.165) is 6.92 Å². The van der Waals surface area contributed by atoms with Crippen LogP contribution in [0.4, 0.5) is 0 Å². The summed E-state index contributed by atoms with van der Waals surface area (Å²) in [5.74, 6) is -1.89. The molecule has 0 fully saturated rings. The second-order valence-electron chi connectivity index (χ2n) is 4.25. The summed E-state index contributed by atoms with van der Waals surface area (Å²) >= 11 is 5.84. The van der Waals surface area contributed by atoms with Crippen LogP contribution in [-0.4, -0.2) is 36.7 Å². The number of aliphatic carboxylic acids is 1. The van der Waals surface area contributed by atoms with Crippen molar-refractivity contribution >= 4 is 27.6 Å². The van der Waals surface area contributed by atoms with Crippen LogP contribution >= 0.6 is 11.6 Å². The van der Waals surface area contributed by atoms with Gasteiger partial charge < -0.3 is 10.2 Å². The first-order valence-corrected chi connectivity index (χ1v) is 7.33. The Balaban J connectivity index is 2.74. The fraction of sp³-hybridized carbons (Fsp3) is 0.364. The van der Waals surface area contributed by atoms with Gasteiger partial charge in [0.05, 0.1) is 5.75 Å². The minimum atomic E-state index is -3.78. The maximum Gasteiger partial charge on any atom is 0.336 e. The summed E-state index contributed by atoms with van der Waals surface area (Å²) in [7, 11) is -3.78. The molecule has 106 valence electrons. The highest BCUT2D eigenvalue weighted by molar-refractivity contribution is 7.88. The number of halogens is 1. The molecule has 8 heteroatoms. The maximum atomic E-state index is 11.7. The molecule has 0 heterocycles. The molecule has 0 bridgehead atoms. The third-order valence-electron chi connectivity index (χ3n) is 2.40. The molecule has 1 rings (SSSR count). The van der Waals surface area contributed by atoms with E-state index in [1.165, 1.54) is 0 Å². The first-order valence-electron chi connectivity index (χ1n) is 5.30. The number of carboxylic acids is 1. The van der Waals surface area contributed by atoms with Gasteiger partial charge in [0.15, 0.2) is 5.60 Å². The van der Waals surface area contributed by atoms with Gasteiger partial charge in [0, 0.05) is 11.6 Å². The third kappa shape index (κ3) is 4.79. The van der Waals surface area contributed by atoms with E-state index in [4.69, 9.17) is 16.7 Å². The van der Waals surface area contributed by atoms with E-state index in [2.05, 4.69) is 0 Å². The van der Waals surface area contributed by atoms with Gasteiger partial charge in [-0.2, -0.15) is 0 Å². The van der Waals surface area contributed by atoms with Gasteiger partial charge in [0.2, 0.25) is 10.0 Å². The SMILES string of the molecule is CC(O)(CNS(=O)(=O)Cc1ccccc1Cl)C(=O)O. The monoisotopic (exact) mass is 307 g/mol. The molecule has 1 aromatic rings. The average molecular weight is 308 g/mol. The summed E-state index contributed by atoms with van der Waals surface area (Å²) in [4.78, 5) is 10.6. The molecular formula is C11H14ClNO5S. The van der Waals surface area contributed by atoms with Gasteiger partial charge in [-0.25, -0.2) is 17.9 Å². The number of aliphatic hydroxyl groups is 1. The van der Waals surface area contributed by atoms with Crippen LogP contribution in [0.3, 0.4) is 0 Å². The summed E-state index contributed by atoms with van der Waals surface area (Å²) < 4.78 is 25.5. The molecule has 0 amide bonds. The molecule has 0 aliphatic carbocycles. The van der Waals surface area contributed by atoms with E-state index < -0.39 is 28.1 Å². The largest absolute Gasteiger partial charge is 0.479 e. The molecule has 1 atom stereocenters. The van der Waals surface area contributed by atoms with Gasteiger partial charge in [-0.1, -0.05) is 29.8 Å². The summed E-state index contributed by atoms with van der Waals surface area (Å²) in [6.45, 7) is 0.391. The van der Waals surface area contributed by atoms with E-state index >= 15 is 0 Å². The number of sulfonamides is 1. The van der Waals surface area contributed by atoms with Gasteiger partial charge in [0.25, 0.3) is 0 Å². The highest BCUT2D eigenvalue weighted by Crippen LogP contribution is 2.17. The molecule has 0 aliphatic rings. The Hall–Kier alpha value is -1.15. The number of rotatable bonds is 6. The molecule has 1 unspecified atom stereocenters. The molecule has 0 aliphatic heterocycles. The van der Waals surface area contributed by atoms with Crippen LogP contribution in [0, 0.1) is 0 Å². The van der Waals surface area contributed by atoms with E-state index in [1.54, 1.807) is 24.3 Å². The highest BCUT2D eigenvalue weighted by atomic mass is 35.5. The van der Waals surface area contributed by atoms with Crippen molar-refractivity contribution < 1.29 is 23.4 Å². The Bertz CT molecular complexity index is 570. The number of carboxylic acid groups (broad SMARTS) is 1. The van der Waals surface area contributed by atoms with Gasteiger partial charge in [-0.15, -0.1) is 0 Å². The van der Waals surface area contributed by atoms with Crippen molar-refractivity contribution in [2.45, 2.75) is 18.3 Å². The van der Waals surface area contributed by atoms with Crippen molar-refractivity contribution in [1.29, 1.82) is 0 Å². The Morgan fingerprint density at radius 3 is 2.53 bits per heavy atom. The van der Waals surface area contributed by atoms with E-state index in [1.807, 2.05) is 4.72 Å². The predicted molar refractivity (Wildman–Crippen MR) is 70.3 cm³/mol. The van der Waals surface area contributed by atoms with Gasteiger partial charge in [-0.3, -0.25) is 0 Å². The lowest BCUT2D eigenvalue weighted by Crippen LogP contribution is -2.46. The third-order valence-corrected chi connectivity index (χ3v) is 4.04. The van der Waals surface area contributed by atoms with Crippen LogP contribution in [0.1, 0.15) is 12.5 Å². The molecule has 6 nitrogen and oxygen atoms in total. The molecule has 0 saturated heterocycles. The van der Waals surface area contributed by atoms with Crippen LogP contribution in [0.2, 0.25) is 5.02 Å². The van der Waals surface area contributed by atoms with Gasteiger partial charge >= 0.3 is 5.97 Å². The lowest BCUT2D eigenvalue weighted by molar-refractivity contribution is -0.155. The van der Waals surface area contributed by atoms with Gasteiger partial charge in [-0.05, 0) is 18.6 Å². The summed E-state index contributed by atoms with van der Waals surface area (Å²) in [5, 5.41) is 18.4. The zero-order chi connectivity index (χ0) is 14.7. The second kappa shape index (κ2) is 5.87. The average Bonchev–Trinajstić information content (AvgIpc) is 2.30. The topological polar surface area (TPSA) is 104 Å². The number of carbonyl (C=O) groups is 1. The van der Waals surface area contributed by atoms with E-state index in [9.17, 15) is 18.3 Å². The van der Waals surface area contributed by atoms with Crippen LogP contribution in [0.15, 0.2) is 24.3 Å². The highest BCUT2D eigenvalue weighted by Gasteiger charge is 2.31. The zero-order valence-corrected chi connectivity index (χ0v) is 11.7. The number of hydrogen-bond donors (Lipinski definition) is 3. The first kappa shape index (κ1) is 15.9. The number of nitrogens with one attached hydrogen (secondary N) is 1. The summed E-state index contributed by atoms with van der Waals surface area (Å²) in [6.07, 6.45) is 0. The molecule has 0 radical (unpaired) electrons. The van der Waals surface area contributed by atoms with E-state index in [-0.39, 0.29) is 5.75 Å². The quantitative estimate of drug-likeness (QED) is 0.714. The van der Waals surface area contributed by atoms with Crippen molar-refractivity contribution in [3.05, 3.63) is 34.9 Å². The Morgan fingerprint density at radius 1 is 1.42 bits per heavy atom. The molecule has 1 aromatic carbocycles. The van der Waals surface area contributed by atoms with Crippen molar-refractivity contribution in [2.24, 2.45) is 0 Å². The lowest BCUT2D eigenvalue weighted by atomic mass is 10.1. The fourth-order valence-electron chi connectivity index (χ4n) is 1.20. The van der Waals surface area contributed by atoms with Crippen molar-refractivity contribution in [3.63, 3.8) is 0 Å². The minimum absolute atomic E-state index is 0.304. The zero-order valence-electron chi connectivity index (χ0n) is 10.1. The molecule has 0 spiro atoms. The Labute approximate surface area is 116 Å². The Kier molecular flexibility index (Phi) is 4.92. The van der Waals surface area contributed by atoms with Crippen LogP contribution in [-0.2, 0) is 20.6 Å². The maximum absolute atomic E-state index is 11.7.